The molecule has 2 aromatic rings. The van der Waals surface area contributed by atoms with Gasteiger partial charge in [0.1, 0.15) is 20.8 Å². The zero-order valence-corrected chi connectivity index (χ0v) is 13.3. The zero-order valence-electron chi connectivity index (χ0n) is 11.6. The van der Waals surface area contributed by atoms with Crippen LogP contribution < -0.4 is 10.9 Å². The van der Waals surface area contributed by atoms with E-state index in [2.05, 4.69) is 45.3 Å². The molecule has 0 bridgehead atoms. The summed E-state index contributed by atoms with van der Waals surface area (Å²) in [4.78, 5) is 0. The van der Waals surface area contributed by atoms with Crippen molar-refractivity contribution in [3.63, 3.8) is 0 Å². The number of nitrogens with zero attached hydrogens (tertiary/aromatic N) is 2. The van der Waals surface area contributed by atoms with Crippen molar-refractivity contribution in [2.24, 2.45) is 10.2 Å². The molecule has 2 heterocycles. The second kappa shape index (κ2) is 6.06. The van der Waals surface area contributed by atoms with Crippen LogP contribution in [0.5, 0.6) is 0 Å². The molecule has 0 saturated heterocycles. The van der Waals surface area contributed by atoms with Gasteiger partial charge in [-0.05, 0) is 0 Å². The van der Waals surface area contributed by atoms with Gasteiger partial charge in [0, 0.05) is 11.1 Å². The second-order valence-corrected chi connectivity index (χ2v) is 7.16. The summed E-state index contributed by atoms with van der Waals surface area (Å²) >= 11 is 3.48. The van der Waals surface area contributed by atoms with E-state index in [1.807, 2.05) is 36.4 Å². The van der Waals surface area contributed by atoms with Gasteiger partial charge in [0.15, 0.2) is 0 Å². The molecule has 2 aromatic carbocycles. The summed E-state index contributed by atoms with van der Waals surface area (Å²) < 4.78 is 0. The summed E-state index contributed by atoms with van der Waals surface area (Å²) in [7, 11) is 0. The molecule has 2 aliphatic heterocycles. The van der Waals surface area contributed by atoms with E-state index in [0.29, 0.717) is 0 Å². The predicted molar refractivity (Wildman–Crippen MR) is 95.0 cm³/mol. The molecule has 0 unspecified atom stereocenters. The first kappa shape index (κ1) is 13.7. The van der Waals surface area contributed by atoms with Crippen molar-refractivity contribution < 1.29 is 0 Å². The quantitative estimate of drug-likeness (QED) is 0.910. The third-order valence-electron chi connectivity index (χ3n) is 3.38. The topological polar surface area (TPSA) is 48.8 Å². The Morgan fingerprint density at radius 3 is 1.45 bits per heavy atom. The van der Waals surface area contributed by atoms with Crippen molar-refractivity contribution >= 4 is 33.6 Å². The predicted octanol–water partition coefficient (Wildman–Crippen LogP) is 3.04. The lowest BCUT2D eigenvalue weighted by Gasteiger charge is -2.15. The molecule has 0 saturated carbocycles. The molecule has 2 atom stereocenters. The van der Waals surface area contributed by atoms with Crippen LogP contribution in [0.4, 0.5) is 0 Å². The van der Waals surface area contributed by atoms with E-state index in [1.165, 1.54) is 0 Å². The molecular formula is C16H14N4S2. The Hall–Kier alpha value is -1.92. The summed E-state index contributed by atoms with van der Waals surface area (Å²) in [6, 6.07) is 20.5. The lowest BCUT2D eigenvalue weighted by Crippen LogP contribution is -2.35. The van der Waals surface area contributed by atoms with Crippen molar-refractivity contribution in [3.8, 4) is 0 Å². The van der Waals surface area contributed by atoms with Crippen molar-refractivity contribution in [2.45, 2.75) is 10.7 Å². The Bertz CT molecular complexity index is 652. The van der Waals surface area contributed by atoms with E-state index in [-0.39, 0.29) is 10.7 Å². The van der Waals surface area contributed by atoms with Crippen LogP contribution in [0.15, 0.2) is 70.9 Å². The number of benzene rings is 2. The third-order valence-corrected chi connectivity index (χ3v) is 5.92. The monoisotopic (exact) mass is 326 g/mol. The molecule has 0 aromatic heterocycles. The molecule has 110 valence electrons. The molecule has 0 fully saturated rings. The third kappa shape index (κ3) is 2.71. The maximum Gasteiger partial charge on any atom is 0.127 e. The fraction of sp³-hybridized carbons (Fsp3) is 0.125. The van der Waals surface area contributed by atoms with E-state index in [0.717, 1.165) is 21.2 Å². The van der Waals surface area contributed by atoms with Gasteiger partial charge in [0.2, 0.25) is 0 Å². The van der Waals surface area contributed by atoms with Gasteiger partial charge in [-0.25, -0.2) is 0 Å². The Morgan fingerprint density at radius 1 is 0.636 bits per heavy atom. The van der Waals surface area contributed by atoms with Crippen LogP contribution in [-0.4, -0.2) is 20.8 Å². The first-order chi connectivity index (χ1) is 10.9. The second-order valence-electron chi connectivity index (χ2n) is 4.90. The molecule has 4 nitrogen and oxygen atoms in total. The van der Waals surface area contributed by atoms with Crippen LogP contribution in [0.1, 0.15) is 11.1 Å². The van der Waals surface area contributed by atoms with Crippen LogP contribution in [0.2, 0.25) is 0 Å². The summed E-state index contributed by atoms with van der Waals surface area (Å²) in [6.07, 6.45) is 0. The van der Waals surface area contributed by atoms with Crippen LogP contribution in [0.25, 0.3) is 0 Å². The van der Waals surface area contributed by atoms with Gasteiger partial charge in [-0.15, -0.1) is 0 Å². The molecule has 0 amide bonds. The Morgan fingerprint density at radius 2 is 1.05 bits per heavy atom. The number of hydrogen-bond donors (Lipinski definition) is 2. The highest BCUT2D eigenvalue weighted by Gasteiger charge is 2.33. The molecule has 22 heavy (non-hydrogen) atoms. The SMILES string of the molecule is c1ccc(C2=NN[C@H]([C@H]3NN=C(c4ccccc4)S3)S2)cc1. The summed E-state index contributed by atoms with van der Waals surface area (Å²) in [6.45, 7) is 0. The minimum absolute atomic E-state index is 0.171. The highest BCUT2D eigenvalue weighted by atomic mass is 32.2. The molecule has 4 rings (SSSR count). The van der Waals surface area contributed by atoms with Crippen LogP contribution >= 0.6 is 23.5 Å². The van der Waals surface area contributed by atoms with E-state index in [1.54, 1.807) is 23.5 Å². The Balaban J connectivity index is 1.40. The van der Waals surface area contributed by atoms with Gasteiger partial charge in [0.25, 0.3) is 0 Å². The standard InChI is InChI=1S/C16H14N4S2/c1-3-7-11(8-4-1)13-17-19-15(21-13)16-20-18-14(22-16)12-9-5-2-6-10-12/h1-10,15-16,19-20H/t15-,16-/m0/s1. The van der Waals surface area contributed by atoms with E-state index < -0.39 is 0 Å². The van der Waals surface area contributed by atoms with Crippen molar-refractivity contribution in [2.75, 3.05) is 0 Å². The molecule has 0 spiro atoms. The van der Waals surface area contributed by atoms with Gasteiger partial charge in [0.05, 0.1) is 0 Å². The first-order valence-corrected chi connectivity index (χ1v) is 8.77. The van der Waals surface area contributed by atoms with Crippen LogP contribution in [0.3, 0.4) is 0 Å². The zero-order chi connectivity index (χ0) is 14.8. The molecule has 0 aliphatic carbocycles. The minimum atomic E-state index is 0.171. The van der Waals surface area contributed by atoms with Gasteiger partial charge < -0.3 is 0 Å². The van der Waals surface area contributed by atoms with Gasteiger partial charge in [-0.3, -0.25) is 10.9 Å². The minimum Gasteiger partial charge on any atom is -0.292 e. The number of nitrogens with one attached hydrogen (secondary N) is 2. The van der Waals surface area contributed by atoms with Gasteiger partial charge in [-0.1, -0.05) is 84.2 Å². The highest BCUT2D eigenvalue weighted by molar-refractivity contribution is 8.18. The van der Waals surface area contributed by atoms with Crippen molar-refractivity contribution in [1.29, 1.82) is 0 Å². The fourth-order valence-electron chi connectivity index (χ4n) is 2.28. The van der Waals surface area contributed by atoms with E-state index >= 15 is 0 Å². The Kier molecular flexibility index (Phi) is 3.78. The Labute approximate surface area is 137 Å². The largest absolute Gasteiger partial charge is 0.292 e. The normalized spacial score (nSPS) is 23.5. The summed E-state index contributed by atoms with van der Waals surface area (Å²) in [5, 5.41) is 11.3. The van der Waals surface area contributed by atoms with Gasteiger partial charge in [-0.2, -0.15) is 10.2 Å². The molecule has 0 radical (unpaired) electrons. The van der Waals surface area contributed by atoms with Crippen LogP contribution in [-0.2, 0) is 0 Å². The average Bonchev–Trinajstić information content (AvgIpc) is 3.26. The number of hydrogen-bond acceptors (Lipinski definition) is 6. The summed E-state index contributed by atoms with van der Waals surface area (Å²) in [5.41, 5.74) is 8.72. The van der Waals surface area contributed by atoms with Crippen molar-refractivity contribution in [3.05, 3.63) is 71.8 Å². The van der Waals surface area contributed by atoms with Crippen LogP contribution in [0, 0.1) is 0 Å². The number of hydrazone groups is 2. The fourth-order valence-corrected chi connectivity index (χ4v) is 4.43. The van der Waals surface area contributed by atoms with Gasteiger partial charge >= 0.3 is 0 Å². The maximum atomic E-state index is 4.46. The number of rotatable bonds is 3. The van der Waals surface area contributed by atoms with E-state index in [4.69, 9.17) is 0 Å². The smallest absolute Gasteiger partial charge is 0.127 e. The highest BCUT2D eigenvalue weighted by Crippen LogP contribution is 2.33. The van der Waals surface area contributed by atoms with E-state index in [9.17, 15) is 0 Å². The molecule has 2 N–H and O–H groups in total. The average molecular weight is 326 g/mol. The first-order valence-electron chi connectivity index (χ1n) is 7.01. The van der Waals surface area contributed by atoms with Crippen molar-refractivity contribution in [1.82, 2.24) is 10.9 Å². The summed E-state index contributed by atoms with van der Waals surface area (Å²) in [5.74, 6) is 0. The lowest BCUT2D eigenvalue weighted by molar-refractivity contribution is 0.600. The molecular weight excluding hydrogens is 312 g/mol. The molecule has 2 aliphatic rings. The molecule has 6 heteroatoms. The maximum absolute atomic E-state index is 4.46. The number of thioether (sulfide) groups is 2. The lowest BCUT2D eigenvalue weighted by atomic mass is 10.2.